The zero-order valence-electron chi connectivity index (χ0n) is 7.79. The zero-order chi connectivity index (χ0) is 10.0. The minimum absolute atomic E-state index is 0.141. The summed E-state index contributed by atoms with van der Waals surface area (Å²) in [6, 6.07) is 4.87. The van der Waals surface area contributed by atoms with E-state index < -0.39 is 0 Å². The van der Waals surface area contributed by atoms with Gasteiger partial charge in [0.2, 0.25) is 0 Å². The second-order valence-electron chi connectivity index (χ2n) is 3.47. The first-order chi connectivity index (χ1) is 6.02. The number of benzene rings is 1. The minimum Gasteiger partial charge on any atom is -0.508 e. The van der Waals surface area contributed by atoms with Crippen LogP contribution in [-0.4, -0.2) is 5.11 Å². The molecular formula is C10H14ClNO. The van der Waals surface area contributed by atoms with E-state index in [2.05, 4.69) is 0 Å². The molecule has 1 aromatic carbocycles. The molecule has 0 saturated carbocycles. The summed E-state index contributed by atoms with van der Waals surface area (Å²) in [5.41, 5.74) is 6.64. The molecule has 0 spiro atoms. The van der Waals surface area contributed by atoms with Crippen LogP contribution >= 0.6 is 11.6 Å². The fourth-order valence-corrected chi connectivity index (χ4v) is 1.32. The van der Waals surface area contributed by atoms with Crippen molar-refractivity contribution < 1.29 is 5.11 Å². The number of phenolic OH excluding ortho intramolecular Hbond substituents is 1. The van der Waals surface area contributed by atoms with Gasteiger partial charge >= 0.3 is 0 Å². The van der Waals surface area contributed by atoms with Gasteiger partial charge < -0.3 is 10.8 Å². The van der Waals surface area contributed by atoms with Gasteiger partial charge in [-0.15, -0.1) is 0 Å². The highest BCUT2D eigenvalue weighted by Crippen LogP contribution is 2.29. The van der Waals surface area contributed by atoms with E-state index in [1.54, 1.807) is 12.1 Å². The van der Waals surface area contributed by atoms with E-state index in [0.29, 0.717) is 10.9 Å². The van der Waals surface area contributed by atoms with E-state index in [4.69, 9.17) is 17.3 Å². The van der Waals surface area contributed by atoms with Gasteiger partial charge in [0, 0.05) is 16.6 Å². The number of nitrogens with two attached hydrogens (primary N) is 1. The standard InChI is InChI=1S/C10H14ClNO/c1-6(2)10(12)8-4-3-7(11)5-9(8)13/h3-6,10,13H,12H2,1-2H3. The third-order valence-electron chi connectivity index (χ3n) is 2.07. The number of aromatic hydroxyl groups is 1. The molecule has 0 aliphatic carbocycles. The maximum atomic E-state index is 9.55. The van der Waals surface area contributed by atoms with E-state index in [0.717, 1.165) is 5.56 Å². The van der Waals surface area contributed by atoms with Gasteiger partial charge in [0.1, 0.15) is 5.75 Å². The van der Waals surface area contributed by atoms with E-state index in [1.807, 2.05) is 13.8 Å². The molecular weight excluding hydrogens is 186 g/mol. The summed E-state index contributed by atoms with van der Waals surface area (Å²) in [7, 11) is 0. The molecule has 2 nitrogen and oxygen atoms in total. The minimum atomic E-state index is -0.141. The number of hydrogen-bond donors (Lipinski definition) is 2. The summed E-state index contributed by atoms with van der Waals surface area (Å²) in [4.78, 5) is 0. The molecule has 3 heteroatoms. The van der Waals surface area contributed by atoms with Crippen molar-refractivity contribution in [2.24, 2.45) is 11.7 Å². The van der Waals surface area contributed by atoms with Crippen molar-refractivity contribution in [3.8, 4) is 5.75 Å². The Kier molecular flexibility index (Phi) is 3.17. The van der Waals surface area contributed by atoms with E-state index in [1.165, 1.54) is 6.07 Å². The summed E-state index contributed by atoms with van der Waals surface area (Å²) >= 11 is 5.70. The molecule has 0 aromatic heterocycles. The van der Waals surface area contributed by atoms with Crippen LogP contribution in [0, 0.1) is 5.92 Å². The second kappa shape index (κ2) is 3.99. The lowest BCUT2D eigenvalue weighted by molar-refractivity contribution is 0.440. The van der Waals surface area contributed by atoms with Crippen LogP contribution in [0.4, 0.5) is 0 Å². The van der Waals surface area contributed by atoms with Crippen LogP contribution in [-0.2, 0) is 0 Å². The van der Waals surface area contributed by atoms with Crippen molar-refractivity contribution in [1.29, 1.82) is 0 Å². The highest BCUT2D eigenvalue weighted by Gasteiger charge is 2.14. The predicted octanol–water partition coefficient (Wildman–Crippen LogP) is 2.70. The molecule has 1 rings (SSSR count). The molecule has 0 heterocycles. The van der Waals surface area contributed by atoms with Crippen molar-refractivity contribution in [2.45, 2.75) is 19.9 Å². The Morgan fingerprint density at radius 1 is 1.38 bits per heavy atom. The van der Waals surface area contributed by atoms with Gasteiger partial charge in [-0.25, -0.2) is 0 Å². The molecule has 0 radical (unpaired) electrons. The predicted molar refractivity (Wildman–Crippen MR) is 54.9 cm³/mol. The van der Waals surface area contributed by atoms with Crippen molar-refractivity contribution in [2.75, 3.05) is 0 Å². The van der Waals surface area contributed by atoms with E-state index in [-0.39, 0.29) is 11.8 Å². The Bertz CT molecular complexity index is 299. The SMILES string of the molecule is CC(C)C(N)c1ccc(Cl)cc1O. The Balaban J connectivity index is 3.01. The van der Waals surface area contributed by atoms with Crippen molar-refractivity contribution in [1.82, 2.24) is 0 Å². The number of hydrogen-bond acceptors (Lipinski definition) is 2. The first-order valence-electron chi connectivity index (χ1n) is 4.26. The van der Waals surface area contributed by atoms with Crippen LogP contribution in [0.1, 0.15) is 25.5 Å². The van der Waals surface area contributed by atoms with Crippen molar-refractivity contribution in [3.05, 3.63) is 28.8 Å². The molecule has 1 atom stereocenters. The molecule has 1 unspecified atom stereocenters. The molecule has 0 aliphatic rings. The molecule has 1 aromatic rings. The first-order valence-corrected chi connectivity index (χ1v) is 4.64. The summed E-state index contributed by atoms with van der Waals surface area (Å²) < 4.78 is 0. The van der Waals surface area contributed by atoms with Crippen LogP contribution in [0.5, 0.6) is 5.75 Å². The number of phenols is 1. The maximum Gasteiger partial charge on any atom is 0.121 e. The highest BCUT2D eigenvalue weighted by atomic mass is 35.5. The van der Waals surface area contributed by atoms with Gasteiger partial charge in [0.15, 0.2) is 0 Å². The summed E-state index contributed by atoms with van der Waals surface area (Å²) in [5.74, 6) is 0.473. The summed E-state index contributed by atoms with van der Waals surface area (Å²) in [5, 5.41) is 10.1. The lowest BCUT2D eigenvalue weighted by Crippen LogP contribution is -2.16. The highest BCUT2D eigenvalue weighted by molar-refractivity contribution is 6.30. The van der Waals surface area contributed by atoms with Crippen molar-refractivity contribution in [3.63, 3.8) is 0 Å². The Morgan fingerprint density at radius 3 is 2.46 bits per heavy atom. The summed E-state index contributed by atoms with van der Waals surface area (Å²) in [6.07, 6.45) is 0. The topological polar surface area (TPSA) is 46.2 Å². The lowest BCUT2D eigenvalue weighted by atomic mass is 9.96. The third kappa shape index (κ3) is 2.36. The second-order valence-corrected chi connectivity index (χ2v) is 3.91. The van der Waals surface area contributed by atoms with E-state index >= 15 is 0 Å². The first kappa shape index (κ1) is 10.4. The van der Waals surface area contributed by atoms with Crippen LogP contribution in [0.15, 0.2) is 18.2 Å². The molecule has 0 amide bonds. The van der Waals surface area contributed by atoms with E-state index in [9.17, 15) is 5.11 Å². The Labute approximate surface area is 83.3 Å². The van der Waals surface area contributed by atoms with Crippen LogP contribution in [0.25, 0.3) is 0 Å². The molecule has 0 bridgehead atoms. The molecule has 0 aliphatic heterocycles. The van der Waals surface area contributed by atoms with Crippen molar-refractivity contribution >= 4 is 11.6 Å². The molecule has 13 heavy (non-hydrogen) atoms. The normalized spacial score (nSPS) is 13.3. The monoisotopic (exact) mass is 199 g/mol. The number of rotatable bonds is 2. The van der Waals surface area contributed by atoms with Gasteiger partial charge in [0.25, 0.3) is 0 Å². The fourth-order valence-electron chi connectivity index (χ4n) is 1.16. The average Bonchev–Trinajstić information content (AvgIpc) is 2.03. The van der Waals surface area contributed by atoms with Gasteiger partial charge in [-0.05, 0) is 18.1 Å². The number of halogens is 1. The quantitative estimate of drug-likeness (QED) is 0.770. The fraction of sp³-hybridized carbons (Fsp3) is 0.400. The van der Waals surface area contributed by atoms with Crippen LogP contribution in [0.3, 0.4) is 0 Å². The zero-order valence-corrected chi connectivity index (χ0v) is 8.55. The average molecular weight is 200 g/mol. The molecule has 0 saturated heterocycles. The van der Waals surface area contributed by atoms with Crippen LogP contribution < -0.4 is 5.73 Å². The van der Waals surface area contributed by atoms with Gasteiger partial charge in [-0.1, -0.05) is 31.5 Å². The van der Waals surface area contributed by atoms with Crippen LogP contribution in [0.2, 0.25) is 5.02 Å². The maximum absolute atomic E-state index is 9.55. The smallest absolute Gasteiger partial charge is 0.121 e. The van der Waals surface area contributed by atoms with Gasteiger partial charge in [0.05, 0.1) is 0 Å². The largest absolute Gasteiger partial charge is 0.508 e. The Morgan fingerprint density at radius 2 is 2.00 bits per heavy atom. The Hall–Kier alpha value is -0.730. The third-order valence-corrected chi connectivity index (χ3v) is 2.30. The molecule has 72 valence electrons. The molecule has 3 N–H and O–H groups in total. The summed E-state index contributed by atoms with van der Waals surface area (Å²) in [6.45, 7) is 4.03. The lowest BCUT2D eigenvalue weighted by Gasteiger charge is -2.17. The van der Waals surface area contributed by atoms with Gasteiger partial charge in [-0.2, -0.15) is 0 Å². The van der Waals surface area contributed by atoms with Gasteiger partial charge in [-0.3, -0.25) is 0 Å². The molecule has 0 fully saturated rings.